The molecule has 4 heteroatoms. The van der Waals surface area contributed by atoms with Crippen molar-refractivity contribution in [3.8, 4) is 0 Å². The average molecular weight is 270 g/mol. The summed E-state index contributed by atoms with van der Waals surface area (Å²) in [6, 6.07) is 7.92. The average Bonchev–Trinajstić information content (AvgIpc) is 2.67. The van der Waals surface area contributed by atoms with Crippen LogP contribution in [0.25, 0.3) is 0 Å². The summed E-state index contributed by atoms with van der Waals surface area (Å²) in [5, 5.41) is 14.5. The number of ether oxygens (including phenoxy) is 1. The zero-order valence-corrected chi connectivity index (χ0v) is 11.6. The second-order valence-electron chi connectivity index (χ2n) is 5.02. The highest BCUT2D eigenvalue weighted by Crippen LogP contribution is 2.26. The van der Waals surface area contributed by atoms with Gasteiger partial charge in [0, 0.05) is 30.6 Å². The number of halogens is 1. The van der Waals surface area contributed by atoms with E-state index in [4.69, 9.17) is 16.3 Å². The van der Waals surface area contributed by atoms with Gasteiger partial charge in [0.05, 0.1) is 6.10 Å². The molecular formula is C14H20ClNO2. The van der Waals surface area contributed by atoms with Crippen molar-refractivity contribution in [2.75, 3.05) is 13.2 Å². The van der Waals surface area contributed by atoms with Gasteiger partial charge in [-0.25, -0.2) is 0 Å². The molecule has 3 atom stereocenters. The maximum absolute atomic E-state index is 10.4. The minimum Gasteiger partial charge on any atom is -0.386 e. The molecule has 1 aliphatic rings. The summed E-state index contributed by atoms with van der Waals surface area (Å²) < 4.78 is 5.41. The summed E-state index contributed by atoms with van der Waals surface area (Å²) in [6.07, 6.45) is 0.570. The Bertz CT molecular complexity index is 413. The van der Waals surface area contributed by atoms with Crippen molar-refractivity contribution in [3.63, 3.8) is 0 Å². The SMILES string of the molecule is CC(NCC1(O)CCOC1C)c1cccc(Cl)c1. The number of hydrogen-bond acceptors (Lipinski definition) is 3. The van der Waals surface area contributed by atoms with Gasteiger partial charge >= 0.3 is 0 Å². The van der Waals surface area contributed by atoms with Crippen LogP contribution in [0.5, 0.6) is 0 Å². The van der Waals surface area contributed by atoms with Crippen LogP contribution in [0.4, 0.5) is 0 Å². The lowest BCUT2D eigenvalue weighted by molar-refractivity contribution is -0.0274. The van der Waals surface area contributed by atoms with Gasteiger partial charge in [0.15, 0.2) is 0 Å². The van der Waals surface area contributed by atoms with E-state index in [1.807, 2.05) is 31.2 Å². The van der Waals surface area contributed by atoms with E-state index in [0.29, 0.717) is 19.6 Å². The van der Waals surface area contributed by atoms with Crippen molar-refractivity contribution in [2.24, 2.45) is 0 Å². The highest BCUT2D eigenvalue weighted by atomic mass is 35.5. The van der Waals surface area contributed by atoms with Crippen molar-refractivity contribution in [1.29, 1.82) is 0 Å². The molecule has 100 valence electrons. The van der Waals surface area contributed by atoms with E-state index in [2.05, 4.69) is 12.2 Å². The van der Waals surface area contributed by atoms with Crippen LogP contribution in [-0.4, -0.2) is 30.0 Å². The van der Waals surface area contributed by atoms with Gasteiger partial charge in [-0.1, -0.05) is 23.7 Å². The normalized spacial score (nSPS) is 29.4. The Morgan fingerprint density at radius 2 is 2.39 bits per heavy atom. The lowest BCUT2D eigenvalue weighted by Crippen LogP contribution is -2.46. The molecule has 1 aromatic carbocycles. The van der Waals surface area contributed by atoms with E-state index >= 15 is 0 Å². The molecule has 3 nitrogen and oxygen atoms in total. The van der Waals surface area contributed by atoms with Crippen molar-refractivity contribution < 1.29 is 9.84 Å². The number of nitrogens with one attached hydrogen (secondary N) is 1. The number of rotatable bonds is 4. The first-order valence-electron chi connectivity index (χ1n) is 6.34. The van der Waals surface area contributed by atoms with Crippen molar-refractivity contribution >= 4 is 11.6 Å². The molecule has 1 aromatic rings. The maximum atomic E-state index is 10.4. The summed E-state index contributed by atoms with van der Waals surface area (Å²) in [7, 11) is 0. The van der Waals surface area contributed by atoms with E-state index in [1.165, 1.54) is 0 Å². The molecule has 3 unspecified atom stereocenters. The highest BCUT2D eigenvalue weighted by Gasteiger charge is 2.39. The van der Waals surface area contributed by atoms with Gasteiger partial charge in [0.2, 0.25) is 0 Å². The summed E-state index contributed by atoms with van der Waals surface area (Å²) in [5.41, 5.74) is 0.366. The van der Waals surface area contributed by atoms with Gasteiger partial charge in [-0.2, -0.15) is 0 Å². The zero-order valence-electron chi connectivity index (χ0n) is 10.8. The lowest BCUT2D eigenvalue weighted by atomic mass is 9.96. The number of hydrogen-bond donors (Lipinski definition) is 2. The van der Waals surface area contributed by atoms with Gasteiger partial charge in [-0.05, 0) is 31.5 Å². The van der Waals surface area contributed by atoms with Crippen LogP contribution in [0.2, 0.25) is 5.02 Å². The largest absolute Gasteiger partial charge is 0.386 e. The Morgan fingerprint density at radius 3 is 3.00 bits per heavy atom. The molecule has 18 heavy (non-hydrogen) atoms. The minimum atomic E-state index is -0.757. The van der Waals surface area contributed by atoms with Crippen LogP contribution in [0, 0.1) is 0 Å². The Kier molecular flexibility index (Phi) is 4.28. The topological polar surface area (TPSA) is 41.5 Å². The maximum Gasteiger partial charge on any atom is 0.105 e. The number of aliphatic hydroxyl groups is 1. The second-order valence-corrected chi connectivity index (χ2v) is 5.46. The molecule has 2 N–H and O–H groups in total. The van der Waals surface area contributed by atoms with Crippen LogP contribution >= 0.6 is 11.6 Å². The van der Waals surface area contributed by atoms with Crippen LogP contribution in [-0.2, 0) is 4.74 Å². The standard InChI is InChI=1S/C14H20ClNO2/c1-10(12-4-3-5-13(15)8-12)16-9-14(17)6-7-18-11(14)2/h3-5,8,10-11,16-17H,6-7,9H2,1-2H3. The first kappa shape index (κ1) is 13.8. The van der Waals surface area contributed by atoms with Crippen LogP contribution < -0.4 is 5.32 Å². The molecule has 0 amide bonds. The second kappa shape index (κ2) is 5.57. The molecule has 0 spiro atoms. The van der Waals surface area contributed by atoms with E-state index in [1.54, 1.807) is 0 Å². The van der Waals surface area contributed by atoms with Crippen LogP contribution in [0.15, 0.2) is 24.3 Å². The first-order valence-corrected chi connectivity index (χ1v) is 6.72. The molecule has 0 saturated carbocycles. The van der Waals surface area contributed by atoms with Crippen molar-refractivity contribution in [2.45, 2.75) is 38.0 Å². The molecule has 0 bridgehead atoms. The summed E-state index contributed by atoms with van der Waals surface area (Å²) in [6.45, 7) is 5.14. The quantitative estimate of drug-likeness (QED) is 0.883. The van der Waals surface area contributed by atoms with Gasteiger partial charge in [0.1, 0.15) is 5.60 Å². The predicted molar refractivity (Wildman–Crippen MR) is 72.9 cm³/mol. The van der Waals surface area contributed by atoms with E-state index in [9.17, 15) is 5.11 Å². The van der Waals surface area contributed by atoms with Crippen molar-refractivity contribution in [3.05, 3.63) is 34.9 Å². The fourth-order valence-corrected chi connectivity index (χ4v) is 2.43. The summed E-state index contributed by atoms with van der Waals surface area (Å²) in [5.74, 6) is 0. The fraction of sp³-hybridized carbons (Fsp3) is 0.571. The molecule has 2 rings (SSSR count). The first-order chi connectivity index (χ1) is 8.51. The van der Waals surface area contributed by atoms with Gasteiger partial charge in [-0.15, -0.1) is 0 Å². The lowest BCUT2D eigenvalue weighted by Gasteiger charge is -2.28. The van der Waals surface area contributed by atoms with Gasteiger partial charge in [-0.3, -0.25) is 0 Å². The Labute approximate surface area is 113 Å². The van der Waals surface area contributed by atoms with Gasteiger partial charge in [0.25, 0.3) is 0 Å². The molecule has 1 aliphatic heterocycles. The predicted octanol–water partition coefficient (Wildman–Crippen LogP) is 2.53. The third-order valence-electron chi connectivity index (χ3n) is 3.72. The third-order valence-corrected chi connectivity index (χ3v) is 3.96. The fourth-order valence-electron chi connectivity index (χ4n) is 2.23. The Balaban J connectivity index is 1.94. The summed E-state index contributed by atoms with van der Waals surface area (Å²) in [4.78, 5) is 0. The molecular weight excluding hydrogens is 250 g/mol. The van der Waals surface area contributed by atoms with Gasteiger partial charge < -0.3 is 15.2 Å². The summed E-state index contributed by atoms with van der Waals surface area (Å²) >= 11 is 5.97. The molecule has 0 aliphatic carbocycles. The molecule has 0 radical (unpaired) electrons. The number of benzene rings is 1. The zero-order chi connectivity index (χ0) is 13.2. The molecule has 0 aromatic heterocycles. The third kappa shape index (κ3) is 3.04. The highest BCUT2D eigenvalue weighted by molar-refractivity contribution is 6.30. The molecule has 1 heterocycles. The smallest absolute Gasteiger partial charge is 0.105 e. The molecule has 1 saturated heterocycles. The monoisotopic (exact) mass is 269 g/mol. The van der Waals surface area contributed by atoms with Crippen LogP contribution in [0.3, 0.4) is 0 Å². The van der Waals surface area contributed by atoms with Crippen molar-refractivity contribution in [1.82, 2.24) is 5.32 Å². The minimum absolute atomic E-state index is 0.114. The van der Waals surface area contributed by atoms with E-state index in [-0.39, 0.29) is 12.1 Å². The Morgan fingerprint density at radius 1 is 1.61 bits per heavy atom. The van der Waals surface area contributed by atoms with E-state index in [0.717, 1.165) is 10.6 Å². The molecule has 1 fully saturated rings. The van der Waals surface area contributed by atoms with Crippen LogP contribution in [0.1, 0.15) is 31.9 Å². The Hall–Kier alpha value is -0.610. The van der Waals surface area contributed by atoms with E-state index < -0.39 is 5.60 Å².